The minimum absolute atomic E-state index is 0. The van der Waals surface area contributed by atoms with Crippen molar-refractivity contribution >= 4 is 22.7 Å². The molecule has 1 unspecified atom stereocenters. The molecule has 2 amide bonds. The predicted octanol–water partition coefficient (Wildman–Crippen LogP) is 7.16. The number of ether oxygens (including phenoxy) is 1. The number of carbonyl (C=O) groups is 1. The van der Waals surface area contributed by atoms with Crippen LogP contribution < -0.4 is 15.4 Å². The van der Waals surface area contributed by atoms with E-state index in [1.807, 2.05) is 50.8 Å². The smallest absolute Gasteiger partial charge is 0.317 e. The van der Waals surface area contributed by atoms with Gasteiger partial charge >= 0.3 is 6.03 Å². The molecular formula is C31H42N4O2S. The molecule has 0 bridgehead atoms. The molecule has 1 aliphatic carbocycles. The maximum Gasteiger partial charge on any atom is 0.317 e. The lowest BCUT2D eigenvalue weighted by Crippen LogP contribution is -2.39. The van der Waals surface area contributed by atoms with Gasteiger partial charge in [0.15, 0.2) is 0 Å². The van der Waals surface area contributed by atoms with Crippen molar-refractivity contribution in [1.82, 2.24) is 15.5 Å². The van der Waals surface area contributed by atoms with Crippen LogP contribution in [0.15, 0.2) is 42.6 Å². The summed E-state index contributed by atoms with van der Waals surface area (Å²) in [6.45, 7) is 14.0. The van der Waals surface area contributed by atoms with Crippen molar-refractivity contribution in [1.29, 1.82) is 5.26 Å². The van der Waals surface area contributed by atoms with Crippen molar-refractivity contribution < 1.29 is 11.0 Å². The van der Waals surface area contributed by atoms with Gasteiger partial charge in [-0.3, -0.25) is 0 Å². The van der Waals surface area contributed by atoms with Crippen LogP contribution in [0, 0.1) is 17.2 Å². The van der Waals surface area contributed by atoms with Crippen LogP contribution in [-0.2, 0) is 11.3 Å². The van der Waals surface area contributed by atoms with Gasteiger partial charge < -0.3 is 20.3 Å². The number of benzene rings is 2. The SMILES string of the molecule is CC.CC(C)Oc1ccc(C2(C)NC=C(c3cccc4c3CC[C@@H]4NC(=O)N3CC[C@H](C)C3)S2)cc1C#N.[HH]. The van der Waals surface area contributed by atoms with Crippen LogP contribution in [-0.4, -0.2) is 30.1 Å². The lowest BCUT2D eigenvalue weighted by Gasteiger charge is -2.26. The highest BCUT2D eigenvalue weighted by atomic mass is 32.2. The minimum Gasteiger partial charge on any atom is -0.490 e. The van der Waals surface area contributed by atoms with Gasteiger partial charge in [0.05, 0.1) is 17.7 Å². The second-order valence-corrected chi connectivity index (χ2v) is 12.0. The first-order valence-corrected chi connectivity index (χ1v) is 14.6. The summed E-state index contributed by atoms with van der Waals surface area (Å²) >= 11 is 1.76. The van der Waals surface area contributed by atoms with Gasteiger partial charge in [0, 0.05) is 25.6 Å². The zero-order valence-corrected chi connectivity index (χ0v) is 24.2. The van der Waals surface area contributed by atoms with Crippen molar-refractivity contribution in [2.24, 2.45) is 5.92 Å². The minimum atomic E-state index is -0.390. The fourth-order valence-electron chi connectivity index (χ4n) is 5.42. The number of rotatable bonds is 5. The van der Waals surface area contributed by atoms with E-state index in [0.717, 1.165) is 37.9 Å². The Kier molecular flexibility index (Phi) is 8.62. The first-order valence-electron chi connectivity index (χ1n) is 13.8. The third kappa shape index (κ3) is 5.66. The molecule has 0 radical (unpaired) electrons. The molecule has 0 spiro atoms. The lowest BCUT2D eigenvalue weighted by molar-refractivity contribution is 0.203. The summed E-state index contributed by atoms with van der Waals surface area (Å²) in [5.74, 6) is 1.20. The highest BCUT2D eigenvalue weighted by Crippen LogP contribution is 2.50. The van der Waals surface area contributed by atoms with Gasteiger partial charge in [0.2, 0.25) is 0 Å². The fraction of sp³-hybridized carbons (Fsp3) is 0.484. The molecule has 2 N–H and O–H groups in total. The molecule has 2 aromatic carbocycles. The Labute approximate surface area is 233 Å². The molecule has 3 aliphatic rings. The average molecular weight is 535 g/mol. The largest absolute Gasteiger partial charge is 0.490 e. The van der Waals surface area contributed by atoms with E-state index in [-0.39, 0.29) is 19.6 Å². The number of nitrogens with zero attached hydrogens (tertiary/aromatic N) is 2. The van der Waals surface area contributed by atoms with Crippen LogP contribution >= 0.6 is 11.8 Å². The van der Waals surface area contributed by atoms with E-state index in [4.69, 9.17) is 4.74 Å². The molecule has 5 rings (SSSR count). The third-order valence-corrected chi connectivity index (χ3v) is 8.67. The summed E-state index contributed by atoms with van der Waals surface area (Å²) in [4.78, 5) is 15.6. The Hall–Kier alpha value is -3.11. The first kappa shape index (κ1) is 27.9. The number of carbonyl (C=O) groups excluding carboxylic acids is 1. The number of thioether (sulfide) groups is 1. The molecule has 2 heterocycles. The summed E-state index contributed by atoms with van der Waals surface area (Å²) in [6, 6.07) is 14.7. The predicted molar refractivity (Wildman–Crippen MR) is 158 cm³/mol. The molecular weight excluding hydrogens is 492 g/mol. The Morgan fingerprint density at radius 3 is 2.76 bits per heavy atom. The molecule has 204 valence electrons. The van der Waals surface area contributed by atoms with Gasteiger partial charge in [0.1, 0.15) is 16.7 Å². The summed E-state index contributed by atoms with van der Waals surface area (Å²) in [6.07, 6.45) is 5.05. The normalized spacial score (nSPS) is 23.6. The fourth-order valence-corrected chi connectivity index (χ4v) is 6.64. The molecule has 2 aliphatic heterocycles. The molecule has 38 heavy (non-hydrogen) atoms. The molecule has 1 fully saturated rings. The average Bonchev–Trinajstić information content (AvgIpc) is 3.64. The van der Waals surface area contributed by atoms with E-state index in [1.165, 1.54) is 21.6 Å². The number of likely N-dealkylation sites (tertiary alicyclic amines) is 1. The van der Waals surface area contributed by atoms with Crippen molar-refractivity contribution in [3.63, 3.8) is 0 Å². The number of nitrogens with one attached hydrogen (secondary N) is 2. The van der Waals surface area contributed by atoms with E-state index >= 15 is 0 Å². The van der Waals surface area contributed by atoms with E-state index in [0.29, 0.717) is 17.2 Å². The van der Waals surface area contributed by atoms with Gasteiger partial charge in [-0.25, -0.2) is 4.79 Å². The van der Waals surface area contributed by atoms with Gasteiger partial charge in [-0.05, 0) is 80.3 Å². The number of hydrogen-bond donors (Lipinski definition) is 2. The molecule has 0 aromatic heterocycles. The Morgan fingerprint density at radius 1 is 1.29 bits per heavy atom. The number of urea groups is 1. The number of nitriles is 1. The van der Waals surface area contributed by atoms with Crippen LogP contribution in [0.2, 0.25) is 0 Å². The third-order valence-electron chi connectivity index (χ3n) is 7.35. The number of amides is 2. The second-order valence-electron chi connectivity index (χ2n) is 10.5. The molecule has 6 nitrogen and oxygen atoms in total. The van der Waals surface area contributed by atoms with Crippen LogP contribution in [0.1, 0.15) is 89.7 Å². The van der Waals surface area contributed by atoms with Crippen molar-refractivity contribution in [2.75, 3.05) is 13.1 Å². The summed E-state index contributed by atoms with van der Waals surface area (Å²) in [5, 5.41) is 16.5. The Balaban J connectivity index is 0.00000137. The van der Waals surface area contributed by atoms with E-state index < -0.39 is 4.87 Å². The number of fused-ring (bicyclic) bond motifs is 1. The Bertz CT molecular complexity index is 1260. The van der Waals surface area contributed by atoms with Gasteiger partial charge in [-0.2, -0.15) is 5.26 Å². The molecule has 2 aromatic rings. The lowest BCUT2D eigenvalue weighted by atomic mass is 10.0. The van der Waals surface area contributed by atoms with Crippen LogP contribution in [0.4, 0.5) is 4.79 Å². The van der Waals surface area contributed by atoms with Gasteiger partial charge in [-0.1, -0.05) is 56.8 Å². The maximum atomic E-state index is 12.8. The van der Waals surface area contributed by atoms with E-state index in [2.05, 4.69) is 54.9 Å². The van der Waals surface area contributed by atoms with Crippen molar-refractivity contribution in [2.45, 2.75) is 77.8 Å². The van der Waals surface area contributed by atoms with E-state index in [1.54, 1.807) is 11.8 Å². The Morgan fingerprint density at radius 2 is 2.08 bits per heavy atom. The van der Waals surface area contributed by atoms with Crippen LogP contribution in [0.3, 0.4) is 0 Å². The molecule has 3 atom stereocenters. The van der Waals surface area contributed by atoms with Crippen molar-refractivity contribution in [3.05, 3.63) is 70.4 Å². The molecule has 1 saturated heterocycles. The number of hydrogen-bond acceptors (Lipinski definition) is 5. The topological polar surface area (TPSA) is 77.4 Å². The standard InChI is InChI=1S/C29H34N4O2S.C2H6.H2/c1-18(2)35-26-11-8-21(14-20(26)15-30)29(4)31-16-27(36-29)24-7-5-6-23-22(24)9-10-25(23)32-28(34)33-13-12-19(3)17-33;1-2;/h5-8,11,14,16,18-19,25,31H,9-10,12-13,17H2,1-4H3,(H,32,34);1-2H3;1H/t19-,25-,29?;;/m0../s1. The van der Waals surface area contributed by atoms with Crippen LogP contribution in [0.5, 0.6) is 5.75 Å². The summed E-state index contributed by atoms with van der Waals surface area (Å²) < 4.78 is 5.81. The monoisotopic (exact) mass is 534 g/mol. The summed E-state index contributed by atoms with van der Waals surface area (Å²) in [7, 11) is 0. The van der Waals surface area contributed by atoms with Gasteiger partial charge in [-0.15, -0.1) is 0 Å². The molecule has 7 heteroatoms. The summed E-state index contributed by atoms with van der Waals surface area (Å²) in [5.41, 5.74) is 5.35. The maximum absolute atomic E-state index is 12.8. The van der Waals surface area contributed by atoms with Gasteiger partial charge in [0.25, 0.3) is 0 Å². The van der Waals surface area contributed by atoms with E-state index in [9.17, 15) is 10.1 Å². The molecule has 0 saturated carbocycles. The highest BCUT2D eigenvalue weighted by molar-refractivity contribution is 8.09. The van der Waals surface area contributed by atoms with Crippen molar-refractivity contribution in [3.8, 4) is 11.8 Å². The highest BCUT2D eigenvalue weighted by Gasteiger charge is 2.36. The van der Waals surface area contributed by atoms with Crippen LogP contribution in [0.25, 0.3) is 4.91 Å². The first-order chi connectivity index (χ1) is 18.3. The quantitative estimate of drug-likeness (QED) is 0.425. The second kappa shape index (κ2) is 11.7. The zero-order chi connectivity index (χ0) is 27.4. The zero-order valence-electron chi connectivity index (χ0n) is 23.4.